The maximum Gasteiger partial charge on any atom is 0.0616 e. The quantitative estimate of drug-likeness (QED) is 0.751. The molecule has 1 aromatic rings. The molecule has 21 heavy (non-hydrogen) atoms. The summed E-state index contributed by atoms with van der Waals surface area (Å²) in [5.74, 6) is 0. The SMILES string of the molecule is CCC(C)(CC)[C@H](O)C[C@@H]1N/C(=C\NC)c2ccccc21. The van der Waals surface area contributed by atoms with Crippen molar-refractivity contribution in [1.29, 1.82) is 0 Å². The lowest BCUT2D eigenvalue weighted by Crippen LogP contribution is -2.34. The van der Waals surface area contributed by atoms with E-state index in [1.807, 2.05) is 13.2 Å². The summed E-state index contributed by atoms with van der Waals surface area (Å²) in [5, 5.41) is 17.3. The minimum Gasteiger partial charge on any atom is -0.392 e. The Morgan fingerprint density at radius 2 is 2.00 bits per heavy atom. The number of aliphatic hydroxyl groups is 1. The number of fused-ring (bicyclic) bond motifs is 1. The smallest absolute Gasteiger partial charge is 0.0616 e. The number of nitrogens with one attached hydrogen (secondary N) is 2. The van der Waals surface area contributed by atoms with Gasteiger partial charge in [-0.2, -0.15) is 0 Å². The molecule has 0 aromatic heterocycles. The molecule has 0 aliphatic carbocycles. The highest BCUT2D eigenvalue weighted by Crippen LogP contribution is 2.39. The fraction of sp³-hybridized carbons (Fsp3) is 0.556. The molecule has 0 radical (unpaired) electrons. The van der Waals surface area contributed by atoms with E-state index in [0.29, 0.717) is 0 Å². The third-order valence-corrected chi connectivity index (χ3v) is 5.12. The molecule has 1 aromatic carbocycles. The normalized spacial score (nSPS) is 21.0. The molecule has 3 N–H and O–H groups in total. The lowest BCUT2D eigenvalue weighted by molar-refractivity contribution is 0.0184. The van der Waals surface area contributed by atoms with Gasteiger partial charge < -0.3 is 15.7 Å². The maximum absolute atomic E-state index is 10.7. The van der Waals surface area contributed by atoms with Gasteiger partial charge in [0, 0.05) is 18.8 Å². The molecule has 3 heteroatoms. The van der Waals surface area contributed by atoms with Crippen molar-refractivity contribution in [1.82, 2.24) is 10.6 Å². The van der Waals surface area contributed by atoms with Gasteiger partial charge in [0.1, 0.15) is 0 Å². The van der Waals surface area contributed by atoms with Crippen molar-refractivity contribution in [2.45, 2.75) is 52.2 Å². The van der Waals surface area contributed by atoms with Crippen molar-refractivity contribution < 1.29 is 5.11 Å². The Morgan fingerprint density at radius 1 is 1.33 bits per heavy atom. The first-order valence-electron chi connectivity index (χ1n) is 7.97. The second-order valence-corrected chi connectivity index (χ2v) is 6.24. The summed E-state index contributed by atoms with van der Waals surface area (Å²) < 4.78 is 0. The van der Waals surface area contributed by atoms with E-state index in [9.17, 15) is 5.11 Å². The predicted octanol–water partition coefficient (Wildman–Crippen LogP) is 3.43. The van der Waals surface area contributed by atoms with Crippen LogP contribution in [0.5, 0.6) is 0 Å². The Kier molecular flexibility index (Phi) is 4.94. The molecule has 0 fully saturated rings. The van der Waals surface area contributed by atoms with Crippen molar-refractivity contribution in [2.75, 3.05) is 7.05 Å². The van der Waals surface area contributed by atoms with Crippen LogP contribution in [0.15, 0.2) is 30.5 Å². The zero-order valence-electron chi connectivity index (χ0n) is 13.6. The van der Waals surface area contributed by atoms with E-state index in [0.717, 1.165) is 25.0 Å². The van der Waals surface area contributed by atoms with Gasteiger partial charge in [-0.3, -0.25) is 0 Å². The second-order valence-electron chi connectivity index (χ2n) is 6.24. The van der Waals surface area contributed by atoms with Crippen LogP contribution in [0.25, 0.3) is 5.70 Å². The molecule has 2 atom stereocenters. The van der Waals surface area contributed by atoms with Gasteiger partial charge in [-0.1, -0.05) is 45.0 Å². The molecular formula is C18H28N2O. The standard InChI is InChI=1S/C18H28N2O/c1-5-18(3,6-2)17(21)11-15-13-9-7-8-10-14(13)16(20-15)12-19-4/h7-10,12,15,17,19-21H,5-6,11H2,1-4H3/b16-12-/t15-,17+/m0/s1. The van der Waals surface area contributed by atoms with E-state index >= 15 is 0 Å². The van der Waals surface area contributed by atoms with E-state index in [4.69, 9.17) is 0 Å². The Labute approximate surface area is 128 Å². The number of rotatable bonds is 6. The number of benzene rings is 1. The van der Waals surface area contributed by atoms with E-state index in [2.05, 4.69) is 55.7 Å². The predicted molar refractivity (Wildman–Crippen MR) is 88.7 cm³/mol. The van der Waals surface area contributed by atoms with Gasteiger partial charge in [-0.15, -0.1) is 0 Å². The first-order valence-corrected chi connectivity index (χ1v) is 7.97. The molecule has 3 nitrogen and oxygen atoms in total. The zero-order valence-corrected chi connectivity index (χ0v) is 13.6. The van der Waals surface area contributed by atoms with E-state index < -0.39 is 0 Å². The minimum atomic E-state index is -0.299. The minimum absolute atomic E-state index is 0.00784. The Hall–Kier alpha value is -1.48. The largest absolute Gasteiger partial charge is 0.392 e. The van der Waals surface area contributed by atoms with Crippen LogP contribution in [0.1, 0.15) is 57.2 Å². The molecule has 0 unspecified atom stereocenters. The molecule has 2 rings (SSSR count). The Bertz CT molecular complexity index is 506. The summed E-state index contributed by atoms with van der Waals surface area (Å²) in [6, 6.07) is 8.61. The molecule has 116 valence electrons. The van der Waals surface area contributed by atoms with Gasteiger partial charge in [0.25, 0.3) is 0 Å². The molecule has 0 spiro atoms. The van der Waals surface area contributed by atoms with Gasteiger partial charge in [0.15, 0.2) is 0 Å². The van der Waals surface area contributed by atoms with Gasteiger partial charge in [0.05, 0.1) is 17.8 Å². The molecule has 0 saturated heterocycles. The monoisotopic (exact) mass is 288 g/mol. The van der Waals surface area contributed by atoms with Crippen molar-refractivity contribution in [2.24, 2.45) is 5.41 Å². The fourth-order valence-electron chi connectivity index (χ4n) is 3.07. The lowest BCUT2D eigenvalue weighted by atomic mass is 9.76. The lowest BCUT2D eigenvalue weighted by Gasteiger charge is -2.34. The van der Waals surface area contributed by atoms with Crippen molar-refractivity contribution in [3.8, 4) is 0 Å². The van der Waals surface area contributed by atoms with Gasteiger partial charge >= 0.3 is 0 Å². The first kappa shape index (κ1) is 15.9. The van der Waals surface area contributed by atoms with Gasteiger partial charge in [0.2, 0.25) is 0 Å². The van der Waals surface area contributed by atoms with Gasteiger partial charge in [-0.25, -0.2) is 0 Å². The van der Waals surface area contributed by atoms with Crippen LogP contribution in [0.2, 0.25) is 0 Å². The van der Waals surface area contributed by atoms with E-state index in [1.165, 1.54) is 11.1 Å². The second kappa shape index (κ2) is 6.52. The van der Waals surface area contributed by atoms with Crippen LogP contribution in [0.3, 0.4) is 0 Å². The van der Waals surface area contributed by atoms with Crippen LogP contribution < -0.4 is 10.6 Å². The van der Waals surface area contributed by atoms with Crippen molar-refractivity contribution in [3.63, 3.8) is 0 Å². The summed E-state index contributed by atoms with van der Waals surface area (Å²) in [6.07, 6.45) is 4.43. The number of aliphatic hydroxyl groups excluding tert-OH is 1. The Morgan fingerprint density at radius 3 is 2.62 bits per heavy atom. The van der Waals surface area contributed by atoms with E-state index in [1.54, 1.807) is 0 Å². The third kappa shape index (κ3) is 3.08. The molecule has 1 heterocycles. The summed E-state index contributed by atoms with van der Waals surface area (Å²) in [4.78, 5) is 0. The number of hydrogen-bond donors (Lipinski definition) is 3. The average molecular weight is 288 g/mol. The summed E-state index contributed by atoms with van der Waals surface area (Å²) >= 11 is 0. The molecular weight excluding hydrogens is 260 g/mol. The molecule has 1 aliphatic rings. The highest BCUT2D eigenvalue weighted by Gasteiger charge is 2.34. The van der Waals surface area contributed by atoms with Gasteiger partial charge in [-0.05, 0) is 30.2 Å². The van der Waals surface area contributed by atoms with E-state index in [-0.39, 0.29) is 17.6 Å². The first-order chi connectivity index (χ1) is 10.1. The zero-order chi connectivity index (χ0) is 15.5. The molecule has 0 saturated carbocycles. The number of hydrogen-bond acceptors (Lipinski definition) is 3. The Balaban J connectivity index is 2.21. The van der Waals surface area contributed by atoms with Crippen molar-refractivity contribution in [3.05, 3.63) is 41.6 Å². The highest BCUT2D eigenvalue weighted by molar-refractivity contribution is 5.71. The fourth-order valence-corrected chi connectivity index (χ4v) is 3.07. The molecule has 0 amide bonds. The van der Waals surface area contributed by atoms with Crippen LogP contribution in [-0.2, 0) is 0 Å². The van der Waals surface area contributed by atoms with Crippen LogP contribution in [0.4, 0.5) is 0 Å². The van der Waals surface area contributed by atoms with Crippen LogP contribution in [-0.4, -0.2) is 18.3 Å². The topological polar surface area (TPSA) is 44.3 Å². The maximum atomic E-state index is 10.7. The third-order valence-electron chi connectivity index (χ3n) is 5.12. The summed E-state index contributed by atoms with van der Waals surface area (Å²) in [6.45, 7) is 6.51. The van der Waals surface area contributed by atoms with Crippen molar-refractivity contribution >= 4 is 5.70 Å². The molecule has 0 bridgehead atoms. The highest BCUT2D eigenvalue weighted by atomic mass is 16.3. The summed E-state index contributed by atoms with van der Waals surface area (Å²) in [7, 11) is 1.91. The summed E-state index contributed by atoms with van der Waals surface area (Å²) in [5.41, 5.74) is 3.62. The average Bonchev–Trinajstić information content (AvgIpc) is 2.85. The van der Waals surface area contributed by atoms with Crippen LogP contribution >= 0.6 is 0 Å². The molecule has 1 aliphatic heterocycles. The van der Waals surface area contributed by atoms with Crippen LogP contribution in [0, 0.1) is 5.41 Å².